The van der Waals surface area contributed by atoms with Gasteiger partial charge in [0, 0.05) is 23.8 Å². The third-order valence-corrected chi connectivity index (χ3v) is 5.78. The smallest absolute Gasteiger partial charge is 0.264 e. The van der Waals surface area contributed by atoms with Crippen LogP contribution in [0.15, 0.2) is 24.5 Å². The second kappa shape index (κ2) is 5.30. The third-order valence-electron chi connectivity index (χ3n) is 4.55. The van der Waals surface area contributed by atoms with Gasteiger partial charge >= 0.3 is 0 Å². The van der Waals surface area contributed by atoms with Crippen molar-refractivity contribution in [2.75, 3.05) is 6.54 Å². The Morgan fingerprint density at radius 3 is 3.14 bits per heavy atom. The Hall–Kier alpha value is -1.62. The number of hydrogen-bond acceptors (Lipinski definition) is 3. The van der Waals surface area contributed by atoms with Gasteiger partial charge in [-0.3, -0.25) is 9.48 Å². The summed E-state index contributed by atoms with van der Waals surface area (Å²) >= 11 is 1.71. The van der Waals surface area contributed by atoms with E-state index in [-0.39, 0.29) is 11.9 Å². The average molecular weight is 301 g/mol. The number of aryl methyl sites for hydroxylation is 2. The summed E-state index contributed by atoms with van der Waals surface area (Å²) in [4.78, 5) is 17.2. The summed E-state index contributed by atoms with van der Waals surface area (Å²) in [5.74, 6) is 0.226. The first-order chi connectivity index (χ1) is 10.3. The van der Waals surface area contributed by atoms with Crippen LogP contribution in [0, 0.1) is 0 Å². The lowest BCUT2D eigenvalue weighted by molar-refractivity contribution is 0.0726. The number of likely N-dealkylation sites (tertiary alicyclic amines) is 1. The van der Waals surface area contributed by atoms with E-state index in [0.717, 1.165) is 43.6 Å². The van der Waals surface area contributed by atoms with Gasteiger partial charge in [-0.25, -0.2) is 0 Å². The number of nitrogens with zero attached hydrogens (tertiary/aromatic N) is 3. The molecule has 1 saturated heterocycles. The molecule has 0 radical (unpaired) electrons. The Morgan fingerprint density at radius 2 is 2.33 bits per heavy atom. The van der Waals surface area contributed by atoms with Gasteiger partial charge in [-0.05, 0) is 49.8 Å². The van der Waals surface area contributed by atoms with Crippen molar-refractivity contribution in [3.05, 3.63) is 39.8 Å². The van der Waals surface area contributed by atoms with Crippen molar-refractivity contribution >= 4 is 17.2 Å². The van der Waals surface area contributed by atoms with E-state index in [0.29, 0.717) is 0 Å². The molecule has 1 aliphatic heterocycles. The predicted molar refractivity (Wildman–Crippen MR) is 82.6 cm³/mol. The molecule has 0 unspecified atom stereocenters. The number of aromatic nitrogens is 2. The Morgan fingerprint density at radius 1 is 1.38 bits per heavy atom. The van der Waals surface area contributed by atoms with E-state index in [1.165, 1.54) is 16.9 Å². The largest absolute Gasteiger partial charge is 0.333 e. The van der Waals surface area contributed by atoms with Gasteiger partial charge in [0.25, 0.3) is 5.91 Å². The van der Waals surface area contributed by atoms with E-state index in [1.807, 2.05) is 16.9 Å². The van der Waals surface area contributed by atoms with Crippen LogP contribution >= 0.6 is 11.3 Å². The molecule has 0 spiro atoms. The van der Waals surface area contributed by atoms with Crippen molar-refractivity contribution in [2.24, 2.45) is 0 Å². The van der Waals surface area contributed by atoms with E-state index in [9.17, 15) is 4.79 Å². The van der Waals surface area contributed by atoms with E-state index >= 15 is 0 Å². The van der Waals surface area contributed by atoms with Crippen LogP contribution < -0.4 is 0 Å². The first-order valence-electron chi connectivity index (χ1n) is 7.71. The molecule has 3 heterocycles. The normalized spacial score (nSPS) is 21.0. The van der Waals surface area contributed by atoms with Crippen LogP contribution in [0.2, 0.25) is 0 Å². The number of amides is 1. The maximum absolute atomic E-state index is 12.8. The molecular formula is C16H19N3OS. The topological polar surface area (TPSA) is 38.1 Å². The lowest BCUT2D eigenvalue weighted by Crippen LogP contribution is -2.37. The van der Waals surface area contributed by atoms with Crippen LogP contribution in [0.25, 0.3) is 0 Å². The fourth-order valence-electron chi connectivity index (χ4n) is 3.49. The summed E-state index contributed by atoms with van der Waals surface area (Å²) in [6.45, 7) is 1.69. The molecule has 21 heavy (non-hydrogen) atoms. The van der Waals surface area contributed by atoms with Crippen molar-refractivity contribution < 1.29 is 4.79 Å². The lowest BCUT2D eigenvalue weighted by Gasteiger charge is -2.24. The highest BCUT2D eigenvalue weighted by Crippen LogP contribution is 2.32. The zero-order chi connectivity index (χ0) is 14.2. The molecular weight excluding hydrogens is 282 g/mol. The minimum atomic E-state index is 0.226. The quantitative estimate of drug-likeness (QED) is 0.874. The number of carbonyl (C=O) groups excluding carboxylic acids is 1. The summed E-state index contributed by atoms with van der Waals surface area (Å²) in [6, 6.07) is 4.36. The fraction of sp³-hybridized carbons (Fsp3) is 0.500. The van der Waals surface area contributed by atoms with E-state index in [1.54, 1.807) is 17.5 Å². The SMILES string of the molecule is O=C(c1cc2c(s1)CCC2)N1CCC[C@@H]1Cn1cccn1. The summed E-state index contributed by atoms with van der Waals surface area (Å²) in [5, 5.41) is 4.27. The molecule has 0 N–H and O–H groups in total. The summed E-state index contributed by atoms with van der Waals surface area (Å²) in [7, 11) is 0. The standard InChI is InChI=1S/C16H19N3OS/c20-16(15-10-12-4-1-6-14(12)21-15)19-9-2-5-13(19)11-18-8-3-7-17-18/h3,7-8,10,13H,1-2,4-6,9,11H2/t13-/m1/s1. The van der Waals surface area contributed by atoms with Gasteiger partial charge in [-0.1, -0.05) is 0 Å². The molecule has 2 aliphatic rings. The number of carbonyl (C=O) groups is 1. The van der Waals surface area contributed by atoms with Crippen LogP contribution in [0.3, 0.4) is 0 Å². The first-order valence-corrected chi connectivity index (χ1v) is 8.53. The zero-order valence-corrected chi connectivity index (χ0v) is 12.8. The monoisotopic (exact) mass is 301 g/mol. The van der Waals surface area contributed by atoms with Crippen LogP contribution in [-0.4, -0.2) is 33.2 Å². The molecule has 4 rings (SSSR count). The summed E-state index contributed by atoms with van der Waals surface area (Å²) in [6.07, 6.45) is 9.51. The van der Waals surface area contributed by atoms with Gasteiger partial charge in [-0.15, -0.1) is 11.3 Å². The van der Waals surface area contributed by atoms with Crippen molar-refractivity contribution in [3.63, 3.8) is 0 Å². The minimum Gasteiger partial charge on any atom is -0.333 e. The molecule has 1 fully saturated rings. The van der Waals surface area contributed by atoms with Crippen LogP contribution in [0.4, 0.5) is 0 Å². The molecule has 2 aromatic heterocycles. The van der Waals surface area contributed by atoms with Crippen molar-refractivity contribution in [2.45, 2.75) is 44.7 Å². The number of rotatable bonds is 3. The van der Waals surface area contributed by atoms with Crippen LogP contribution in [-0.2, 0) is 19.4 Å². The van der Waals surface area contributed by atoms with E-state index in [4.69, 9.17) is 0 Å². The maximum Gasteiger partial charge on any atom is 0.264 e. The predicted octanol–water partition coefficient (Wildman–Crippen LogP) is 2.74. The number of thiophene rings is 1. The molecule has 2 aromatic rings. The third kappa shape index (κ3) is 2.39. The van der Waals surface area contributed by atoms with Gasteiger partial charge in [0.05, 0.1) is 17.5 Å². The summed E-state index contributed by atoms with van der Waals surface area (Å²) < 4.78 is 1.94. The fourth-order valence-corrected chi connectivity index (χ4v) is 4.70. The van der Waals surface area contributed by atoms with Crippen molar-refractivity contribution in [3.8, 4) is 0 Å². The van der Waals surface area contributed by atoms with E-state index in [2.05, 4.69) is 16.1 Å². The molecule has 5 heteroatoms. The van der Waals surface area contributed by atoms with Gasteiger partial charge in [0.1, 0.15) is 0 Å². The lowest BCUT2D eigenvalue weighted by atomic mass is 10.2. The van der Waals surface area contributed by atoms with Gasteiger partial charge in [-0.2, -0.15) is 5.10 Å². The van der Waals surface area contributed by atoms with Crippen molar-refractivity contribution in [1.82, 2.24) is 14.7 Å². The highest BCUT2D eigenvalue weighted by molar-refractivity contribution is 7.14. The molecule has 110 valence electrons. The Bertz CT molecular complexity index is 625. The second-order valence-corrected chi connectivity index (χ2v) is 7.07. The van der Waals surface area contributed by atoms with Crippen molar-refractivity contribution in [1.29, 1.82) is 0 Å². The average Bonchev–Trinajstić information content (AvgIpc) is 3.23. The Kier molecular flexibility index (Phi) is 3.30. The van der Waals surface area contributed by atoms with Gasteiger partial charge in [0.15, 0.2) is 0 Å². The van der Waals surface area contributed by atoms with Gasteiger partial charge in [0.2, 0.25) is 0 Å². The molecule has 1 amide bonds. The van der Waals surface area contributed by atoms with Crippen LogP contribution in [0.1, 0.15) is 39.4 Å². The molecule has 0 aromatic carbocycles. The number of hydrogen-bond donors (Lipinski definition) is 0. The Labute approximate surface area is 128 Å². The molecule has 0 saturated carbocycles. The highest BCUT2D eigenvalue weighted by atomic mass is 32.1. The maximum atomic E-state index is 12.8. The number of fused-ring (bicyclic) bond motifs is 1. The molecule has 0 bridgehead atoms. The zero-order valence-electron chi connectivity index (χ0n) is 12.0. The summed E-state index contributed by atoms with van der Waals surface area (Å²) in [5.41, 5.74) is 1.41. The molecule has 1 atom stereocenters. The molecule has 4 nitrogen and oxygen atoms in total. The van der Waals surface area contributed by atoms with Gasteiger partial charge < -0.3 is 4.90 Å². The minimum absolute atomic E-state index is 0.226. The molecule has 1 aliphatic carbocycles. The Balaban J connectivity index is 1.52. The highest BCUT2D eigenvalue weighted by Gasteiger charge is 2.31. The first kappa shape index (κ1) is 13.1. The van der Waals surface area contributed by atoms with E-state index < -0.39 is 0 Å². The second-order valence-electron chi connectivity index (χ2n) is 5.94. The van der Waals surface area contributed by atoms with Crippen LogP contribution in [0.5, 0.6) is 0 Å².